The first-order chi connectivity index (χ1) is 10.4. The van der Waals surface area contributed by atoms with Crippen molar-refractivity contribution in [1.82, 2.24) is 10.3 Å². The Balaban J connectivity index is 1.37. The zero-order valence-corrected chi connectivity index (χ0v) is 13.5. The van der Waals surface area contributed by atoms with Crippen LogP contribution in [-0.2, 0) is 19.4 Å². The molecule has 4 heteroatoms. The molecule has 0 saturated carbocycles. The van der Waals surface area contributed by atoms with Crippen molar-refractivity contribution in [1.29, 1.82) is 0 Å². The van der Waals surface area contributed by atoms with E-state index in [9.17, 15) is 0 Å². The number of hydrogen-bond acceptors (Lipinski definition) is 4. The van der Waals surface area contributed by atoms with Crippen molar-refractivity contribution in [2.45, 2.75) is 32.7 Å². The highest BCUT2D eigenvalue weighted by Gasteiger charge is 2.17. The van der Waals surface area contributed by atoms with Gasteiger partial charge < -0.3 is 10.2 Å². The van der Waals surface area contributed by atoms with E-state index in [0.29, 0.717) is 0 Å². The van der Waals surface area contributed by atoms with Crippen molar-refractivity contribution in [3.63, 3.8) is 0 Å². The largest absolute Gasteiger partial charge is 0.371 e. The zero-order chi connectivity index (χ0) is 14.5. The topological polar surface area (TPSA) is 28.2 Å². The molecule has 3 nitrogen and oxygen atoms in total. The van der Waals surface area contributed by atoms with E-state index >= 15 is 0 Å². The van der Waals surface area contributed by atoms with Gasteiger partial charge in [-0.15, -0.1) is 11.3 Å². The number of anilines is 1. The molecule has 0 spiro atoms. The summed E-state index contributed by atoms with van der Waals surface area (Å²) in [5, 5.41) is 4.77. The van der Waals surface area contributed by atoms with Crippen LogP contribution in [0.5, 0.6) is 0 Å². The van der Waals surface area contributed by atoms with E-state index in [1.807, 2.05) is 17.5 Å². The van der Waals surface area contributed by atoms with Crippen LogP contribution in [0, 0.1) is 0 Å². The summed E-state index contributed by atoms with van der Waals surface area (Å²) in [6, 6.07) is 8.79. The first kappa shape index (κ1) is 14.5. The standard InChI is InChI=1S/C17H23N3S/c1-2-17-19-13-15(21-17)12-18-9-5-10-20-11-8-14-6-3-4-7-16(14)20/h3-4,6-7,13,18H,2,5,8-12H2,1H3. The van der Waals surface area contributed by atoms with Crippen molar-refractivity contribution in [2.24, 2.45) is 0 Å². The summed E-state index contributed by atoms with van der Waals surface area (Å²) < 4.78 is 0. The Kier molecular flexibility index (Phi) is 4.88. The van der Waals surface area contributed by atoms with Crippen LogP contribution in [0.25, 0.3) is 0 Å². The lowest BCUT2D eigenvalue weighted by molar-refractivity contribution is 0.642. The smallest absolute Gasteiger partial charge is 0.0925 e. The maximum atomic E-state index is 4.39. The summed E-state index contributed by atoms with van der Waals surface area (Å²) in [5.41, 5.74) is 2.94. The van der Waals surface area contributed by atoms with E-state index in [4.69, 9.17) is 0 Å². The molecule has 0 saturated heterocycles. The third-order valence-corrected chi connectivity index (χ3v) is 5.11. The van der Waals surface area contributed by atoms with Gasteiger partial charge >= 0.3 is 0 Å². The van der Waals surface area contributed by atoms with Crippen molar-refractivity contribution < 1.29 is 0 Å². The summed E-state index contributed by atoms with van der Waals surface area (Å²) in [7, 11) is 0. The Morgan fingerprint density at radius 2 is 2.24 bits per heavy atom. The van der Waals surface area contributed by atoms with Gasteiger partial charge in [0.2, 0.25) is 0 Å². The van der Waals surface area contributed by atoms with Crippen LogP contribution >= 0.6 is 11.3 Å². The Hall–Kier alpha value is -1.39. The minimum atomic E-state index is 0.953. The molecule has 0 fully saturated rings. The minimum absolute atomic E-state index is 0.953. The molecule has 0 aliphatic carbocycles. The van der Waals surface area contributed by atoms with Gasteiger partial charge in [0.15, 0.2) is 0 Å². The Morgan fingerprint density at radius 3 is 3.10 bits per heavy atom. The third-order valence-electron chi connectivity index (χ3n) is 3.97. The molecule has 2 aromatic rings. The molecule has 1 N–H and O–H groups in total. The number of fused-ring (bicyclic) bond motifs is 1. The maximum Gasteiger partial charge on any atom is 0.0925 e. The van der Waals surface area contributed by atoms with Crippen LogP contribution in [0.1, 0.15) is 28.8 Å². The second-order valence-corrected chi connectivity index (χ2v) is 6.67. The Morgan fingerprint density at radius 1 is 1.33 bits per heavy atom. The molecule has 1 aromatic carbocycles. The monoisotopic (exact) mass is 301 g/mol. The lowest BCUT2D eigenvalue weighted by Crippen LogP contribution is -2.25. The number of benzene rings is 1. The second-order valence-electron chi connectivity index (χ2n) is 5.47. The highest BCUT2D eigenvalue weighted by Crippen LogP contribution is 2.27. The van der Waals surface area contributed by atoms with Crippen LogP contribution in [0.4, 0.5) is 5.69 Å². The Labute approximate surface area is 131 Å². The van der Waals surface area contributed by atoms with E-state index in [-0.39, 0.29) is 0 Å². The molecule has 1 aliphatic heterocycles. The van der Waals surface area contributed by atoms with Crippen LogP contribution in [0.15, 0.2) is 30.5 Å². The fourth-order valence-corrected chi connectivity index (χ4v) is 3.67. The Bertz CT molecular complexity index is 579. The van der Waals surface area contributed by atoms with Crippen LogP contribution in [-0.4, -0.2) is 24.6 Å². The predicted molar refractivity (Wildman–Crippen MR) is 90.2 cm³/mol. The summed E-state index contributed by atoms with van der Waals surface area (Å²) in [4.78, 5) is 8.25. The van der Waals surface area contributed by atoms with Crippen LogP contribution in [0.2, 0.25) is 0 Å². The molecule has 0 bridgehead atoms. The van der Waals surface area contributed by atoms with E-state index < -0.39 is 0 Å². The van der Waals surface area contributed by atoms with Gasteiger partial charge in [-0.05, 0) is 37.4 Å². The minimum Gasteiger partial charge on any atom is -0.371 e. The summed E-state index contributed by atoms with van der Waals surface area (Å²) >= 11 is 1.82. The first-order valence-corrected chi connectivity index (χ1v) is 8.65. The fourth-order valence-electron chi connectivity index (χ4n) is 2.84. The molecular weight excluding hydrogens is 278 g/mol. The number of aryl methyl sites for hydroxylation is 1. The van der Waals surface area contributed by atoms with E-state index in [1.54, 1.807) is 0 Å². The normalized spacial score (nSPS) is 13.7. The van der Waals surface area contributed by atoms with Crippen molar-refractivity contribution >= 4 is 17.0 Å². The van der Waals surface area contributed by atoms with E-state index in [1.165, 1.54) is 40.5 Å². The molecule has 0 amide bonds. The predicted octanol–water partition coefficient (Wildman–Crippen LogP) is 3.25. The van der Waals surface area contributed by atoms with Gasteiger partial charge in [-0.1, -0.05) is 25.1 Å². The van der Waals surface area contributed by atoms with E-state index in [0.717, 1.165) is 26.1 Å². The number of rotatable bonds is 7. The number of aromatic nitrogens is 1. The molecule has 0 unspecified atom stereocenters. The van der Waals surface area contributed by atoms with E-state index in [2.05, 4.69) is 46.4 Å². The van der Waals surface area contributed by atoms with Crippen molar-refractivity contribution in [2.75, 3.05) is 24.5 Å². The average Bonchev–Trinajstić information content (AvgIpc) is 3.14. The number of nitrogens with zero attached hydrogens (tertiary/aromatic N) is 2. The second kappa shape index (κ2) is 7.05. The molecule has 0 radical (unpaired) electrons. The number of hydrogen-bond donors (Lipinski definition) is 1. The van der Waals surface area contributed by atoms with Crippen LogP contribution < -0.4 is 10.2 Å². The highest BCUT2D eigenvalue weighted by atomic mass is 32.1. The molecule has 1 aliphatic rings. The number of nitrogens with one attached hydrogen (secondary N) is 1. The molecule has 112 valence electrons. The molecule has 1 aromatic heterocycles. The fraction of sp³-hybridized carbons (Fsp3) is 0.471. The van der Waals surface area contributed by atoms with Crippen molar-refractivity contribution in [3.8, 4) is 0 Å². The summed E-state index contributed by atoms with van der Waals surface area (Å²) in [6.07, 6.45) is 5.43. The van der Waals surface area contributed by atoms with Gasteiger partial charge in [0.25, 0.3) is 0 Å². The zero-order valence-electron chi connectivity index (χ0n) is 12.6. The highest BCUT2D eigenvalue weighted by molar-refractivity contribution is 7.11. The van der Waals surface area contributed by atoms with Gasteiger partial charge in [-0.3, -0.25) is 0 Å². The van der Waals surface area contributed by atoms with Gasteiger partial charge in [0.1, 0.15) is 0 Å². The lowest BCUT2D eigenvalue weighted by atomic mass is 10.2. The number of para-hydroxylation sites is 1. The van der Waals surface area contributed by atoms with Crippen molar-refractivity contribution in [3.05, 3.63) is 45.9 Å². The molecule has 0 atom stereocenters. The lowest BCUT2D eigenvalue weighted by Gasteiger charge is -2.19. The van der Waals surface area contributed by atoms with Crippen LogP contribution in [0.3, 0.4) is 0 Å². The van der Waals surface area contributed by atoms with Gasteiger partial charge in [0.05, 0.1) is 5.01 Å². The maximum absolute atomic E-state index is 4.39. The van der Waals surface area contributed by atoms with Gasteiger partial charge in [-0.25, -0.2) is 4.98 Å². The number of thiazole rings is 1. The summed E-state index contributed by atoms with van der Waals surface area (Å²) in [5.74, 6) is 0. The SMILES string of the molecule is CCc1ncc(CNCCCN2CCc3ccccc32)s1. The molecular formula is C17H23N3S. The summed E-state index contributed by atoms with van der Waals surface area (Å²) in [6.45, 7) is 6.50. The molecule has 2 heterocycles. The molecule has 3 rings (SSSR count). The quantitative estimate of drug-likeness (QED) is 0.796. The first-order valence-electron chi connectivity index (χ1n) is 7.84. The molecule has 21 heavy (non-hydrogen) atoms. The third kappa shape index (κ3) is 3.63. The van der Waals surface area contributed by atoms with Gasteiger partial charge in [-0.2, -0.15) is 0 Å². The average molecular weight is 301 g/mol. The van der Waals surface area contributed by atoms with Gasteiger partial charge in [0, 0.05) is 36.4 Å².